The fraction of sp³-hybridized carbons (Fsp3) is 0.533. The van der Waals surface area contributed by atoms with E-state index in [0.29, 0.717) is 5.92 Å². The summed E-state index contributed by atoms with van der Waals surface area (Å²) in [6.45, 7) is 5.85. The number of benzene rings is 1. The van der Waals surface area contributed by atoms with Gasteiger partial charge in [0.25, 0.3) is 0 Å². The summed E-state index contributed by atoms with van der Waals surface area (Å²) in [4.78, 5) is 0. The van der Waals surface area contributed by atoms with Gasteiger partial charge < -0.3 is 10.5 Å². The van der Waals surface area contributed by atoms with Crippen LogP contribution >= 0.6 is 0 Å². The minimum absolute atomic E-state index is 0.251. The van der Waals surface area contributed by atoms with Crippen LogP contribution in [0.15, 0.2) is 18.2 Å². The largest absolute Gasteiger partial charge is 0.399 e. The lowest BCUT2D eigenvalue weighted by atomic mass is 9.93. The molecule has 1 aromatic heterocycles. The molecular formula is C15H21N5O. The number of aromatic nitrogens is 4. The van der Waals surface area contributed by atoms with E-state index in [1.165, 1.54) is 0 Å². The Bertz CT molecular complexity index is 598. The number of nitrogen functional groups attached to an aromatic ring is 1. The van der Waals surface area contributed by atoms with Crippen molar-refractivity contribution in [3.8, 4) is 11.4 Å². The zero-order valence-electron chi connectivity index (χ0n) is 12.5. The molecule has 6 nitrogen and oxygen atoms in total. The van der Waals surface area contributed by atoms with Gasteiger partial charge in [-0.15, -0.1) is 5.10 Å². The summed E-state index contributed by atoms with van der Waals surface area (Å²) in [7, 11) is 0. The lowest BCUT2D eigenvalue weighted by Gasteiger charge is -2.28. The zero-order valence-corrected chi connectivity index (χ0v) is 12.5. The smallest absolute Gasteiger partial charge is 0.182 e. The van der Waals surface area contributed by atoms with Crippen molar-refractivity contribution >= 4 is 5.69 Å². The van der Waals surface area contributed by atoms with Crippen LogP contribution in [-0.2, 0) is 4.74 Å². The van der Waals surface area contributed by atoms with Crippen LogP contribution in [0.1, 0.15) is 31.4 Å². The van der Waals surface area contributed by atoms with E-state index in [4.69, 9.17) is 10.5 Å². The molecule has 1 aliphatic rings. The molecule has 1 saturated heterocycles. The van der Waals surface area contributed by atoms with Crippen LogP contribution in [0.5, 0.6) is 0 Å². The molecule has 2 N–H and O–H groups in total. The van der Waals surface area contributed by atoms with Crippen LogP contribution in [0, 0.1) is 12.8 Å². The molecule has 0 amide bonds. The third-order valence-corrected chi connectivity index (χ3v) is 4.18. The van der Waals surface area contributed by atoms with E-state index in [0.717, 1.165) is 48.7 Å². The zero-order chi connectivity index (χ0) is 14.8. The highest BCUT2D eigenvalue weighted by atomic mass is 16.5. The number of nitrogens with two attached hydrogens (primary N) is 1. The summed E-state index contributed by atoms with van der Waals surface area (Å²) in [5.74, 6) is 1.33. The molecule has 1 fully saturated rings. The second-order valence-electron chi connectivity index (χ2n) is 5.77. The van der Waals surface area contributed by atoms with E-state index in [9.17, 15) is 0 Å². The number of ether oxygens (including phenoxy) is 1. The van der Waals surface area contributed by atoms with E-state index in [-0.39, 0.29) is 6.04 Å². The average molecular weight is 287 g/mol. The number of rotatable bonds is 3. The van der Waals surface area contributed by atoms with Crippen molar-refractivity contribution in [2.45, 2.75) is 32.7 Å². The molecule has 3 rings (SSSR count). The molecule has 1 atom stereocenters. The summed E-state index contributed by atoms with van der Waals surface area (Å²) in [5, 5.41) is 12.3. The highest BCUT2D eigenvalue weighted by Gasteiger charge is 2.25. The average Bonchev–Trinajstić information content (AvgIpc) is 2.96. The molecular weight excluding hydrogens is 266 g/mol. The standard InChI is InChI=1S/C15H21N5O/c1-10-7-13(9-14(16)8-10)15-17-18-19-20(15)11(2)12-3-5-21-6-4-12/h7-9,11-12H,3-6,16H2,1-2H3. The second kappa shape index (κ2) is 5.81. The lowest BCUT2D eigenvalue weighted by Crippen LogP contribution is -2.25. The Morgan fingerprint density at radius 3 is 2.76 bits per heavy atom. The van der Waals surface area contributed by atoms with Crippen LogP contribution in [0.2, 0.25) is 0 Å². The van der Waals surface area contributed by atoms with Gasteiger partial charge in [0.2, 0.25) is 0 Å². The van der Waals surface area contributed by atoms with Gasteiger partial charge in [-0.25, -0.2) is 4.68 Å². The van der Waals surface area contributed by atoms with Crippen molar-refractivity contribution in [1.29, 1.82) is 0 Å². The number of tetrazole rings is 1. The van der Waals surface area contributed by atoms with Crippen LogP contribution in [-0.4, -0.2) is 33.4 Å². The fourth-order valence-electron chi connectivity index (χ4n) is 3.00. The van der Waals surface area contributed by atoms with Crippen molar-refractivity contribution in [1.82, 2.24) is 20.2 Å². The number of hydrogen-bond acceptors (Lipinski definition) is 5. The molecule has 1 aromatic carbocycles. The number of nitrogens with zero attached hydrogens (tertiary/aromatic N) is 4. The number of aryl methyl sites for hydroxylation is 1. The Balaban J connectivity index is 1.92. The highest BCUT2D eigenvalue weighted by Crippen LogP contribution is 2.30. The van der Waals surface area contributed by atoms with Crippen molar-refractivity contribution < 1.29 is 4.74 Å². The first-order chi connectivity index (χ1) is 10.1. The first-order valence-corrected chi connectivity index (χ1v) is 7.38. The monoisotopic (exact) mass is 287 g/mol. The third kappa shape index (κ3) is 2.90. The first kappa shape index (κ1) is 14.0. The first-order valence-electron chi connectivity index (χ1n) is 7.38. The van der Waals surface area contributed by atoms with Gasteiger partial charge in [0.15, 0.2) is 5.82 Å². The molecule has 0 radical (unpaired) electrons. The maximum atomic E-state index is 5.94. The van der Waals surface area contributed by atoms with Crippen LogP contribution in [0.25, 0.3) is 11.4 Å². The van der Waals surface area contributed by atoms with Gasteiger partial charge in [0.05, 0.1) is 6.04 Å². The summed E-state index contributed by atoms with van der Waals surface area (Å²) in [6.07, 6.45) is 2.10. The Labute approximate surface area is 124 Å². The maximum absolute atomic E-state index is 5.94. The Hall–Kier alpha value is -1.95. The van der Waals surface area contributed by atoms with Gasteiger partial charge in [0.1, 0.15) is 0 Å². The van der Waals surface area contributed by atoms with Crippen LogP contribution in [0.3, 0.4) is 0 Å². The number of anilines is 1. The predicted octanol–water partition coefficient (Wildman–Crippen LogP) is 2.22. The quantitative estimate of drug-likeness (QED) is 0.876. The van der Waals surface area contributed by atoms with Crippen molar-refractivity contribution in [3.63, 3.8) is 0 Å². The summed E-state index contributed by atoms with van der Waals surface area (Å²) in [5.41, 5.74) is 8.75. The third-order valence-electron chi connectivity index (χ3n) is 4.18. The molecule has 21 heavy (non-hydrogen) atoms. The Morgan fingerprint density at radius 1 is 1.29 bits per heavy atom. The molecule has 0 bridgehead atoms. The minimum atomic E-state index is 0.251. The van der Waals surface area contributed by atoms with Gasteiger partial charge in [-0.1, -0.05) is 0 Å². The van der Waals surface area contributed by atoms with E-state index in [1.54, 1.807) is 0 Å². The Kier molecular flexibility index (Phi) is 3.88. The summed E-state index contributed by atoms with van der Waals surface area (Å²) >= 11 is 0. The lowest BCUT2D eigenvalue weighted by molar-refractivity contribution is 0.0495. The molecule has 2 aromatic rings. The van der Waals surface area contributed by atoms with E-state index >= 15 is 0 Å². The van der Waals surface area contributed by atoms with Crippen molar-refractivity contribution in [2.75, 3.05) is 18.9 Å². The molecule has 0 spiro atoms. The predicted molar refractivity (Wildman–Crippen MR) is 80.7 cm³/mol. The van der Waals surface area contributed by atoms with E-state index in [2.05, 4.69) is 28.5 Å². The van der Waals surface area contributed by atoms with Crippen LogP contribution in [0.4, 0.5) is 5.69 Å². The molecule has 112 valence electrons. The van der Waals surface area contributed by atoms with E-state index < -0.39 is 0 Å². The maximum Gasteiger partial charge on any atom is 0.182 e. The SMILES string of the molecule is Cc1cc(N)cc(-c2nnnn2C(C)C2CCOCC2)c1. The van der Waals surface area contributed by atoms with Crippen LogP contribution < -0.4 is 5.73 Å². The molecule has 1 unspecified atom stereocenters. The Morgan fingerprint density at radius 2 is 2.05 bits per heavy atom. The molecule has 6 heteroatoms. The summed E-state index contributed by atoms with van der Waals surface area (Å²) < 4.78 is 7.36. The van der Waals surface area contributed by atoms with E-state index in [1.807, 2.05) is 23.7 Å². The molecule has 2 heterocycles. The molecule has 0 aliphatic carbocycles. The van der Waals surface area contributed by atoms with Gasteiger partial charge in [0, 0.05) is 24.5 Å². The number of hydrogen-bond donors (Lipinski definition) is 1. The van der Waals surface area contributed by atoms with Crippen molar-refractivity contribution in [2.24, 2.45) is 5.92 Å². The fourth-order valence-corrected chi connectivity index (χ4v) is 3.00. The van der Waals surface area contributed by atoms with Crippen molar-refractivity contribution in [3.05, 3.63) is 23.8 Å². The molecule has 0 saturated carbocycles. The van der Waals surface area contributed by atoms with Gasteiger partial charge in [-0.2, -0.15) is 0 Å². The second-order valence-corrected chi connectivity index (χ2v) is 5.77. The molecule has 1 aliphatic heterocycles. The summed E-state index contributed by atoms with van der Waals surface area (Å²) in [6, 6.07) is 6.18. The van der Waals surface area contributed by atoms with Gasteiger partial charge in [-0.3, -0.25) is 0 Å². The topological polar surface area (TPSA) is 78.9 Å². The van der Waals surface area contributed by atoms with Gasteiger partial charge >= 0.3 is 0 Å². The minimum Gasteiger partial charge on any atom is -0.399 e. The normalized spacial score (nSPS) is 17.8. The van der Waals surface area contributed by atoms with Gasteiger partial charge in [-0.05, 0) is 66.8 Å². The highest BCUT2D eigenvalue weighted by molar-refractivity contribution is 5.62.